The van der Waals surface area contributed by atoms with Gasteiger partial charge >= 0.3 is 0 Å². The van der Waals surface area contributed by atoms with Crippen molar-refractivity contribution >= 4 is 9.84 Å². The van der Waals surface area contributed by atoms with Gasteiger partial charge in [0.1, 0.15) is 16.5 Å². The molecular formula is C11H15F2NO2S. The number of nitrogens with two attached hydrogens (primary N) is 1. The predicted molar refractivity (Wildman–Crippen MR) is 61.5 cm³/mol. The highest BCUT2D eigenvalue weighted by Crippen LogP contribution is 2.20. The van der Waals surface area contributed by atoms with Gasteiger partial charge in [-0.2, -0.15) is 0 Å². The molecule has 0 amide bonds. The average molecular weight is 263 g/mol. The number of halogens is 2. The van der Waals surface area contributed by atoms with E-state index in [4.69, 9.17) is 5.73 Å². The van der Waals surface area contributed by atoms with Gasteiger partial charge < -0.3 is 5.73 Å². The van der Waals surface area contributed by atoms with E-state index < -0.39 is 26.4 Å². The zero-order valence-electron chi connectivity index (χ0n) is 9.54. The highest BCUT2D eigenvalue weighted by atomic mass is 32.2. The fraction of sp³-hybridized carbons (Fsp3) is 0.455. The molecule has 17 heavy (non-hydrogen) atoms. The molecule has 0 bridgehead atoms. The lowest BCUT2D eigenvalue weighted by Crippen LogP contribution is -2.05. The van der Waals surface area contributed by atoms with E-state index in [0.717, 1.165) is 24.8 Å². The van der Waals surface area contributed by atoms with Crippen molar-refractivity contribution in [2.75, 3.05) is 12.8 Å². The fourth-order valence-corrected chi connectivity index (χ4v) is 2.24. The Morgan fingerprint density at radius 2 is 1.82 bits per heavy atom. The molecule has 96 valence electrons. The summed E-state index contributed by atoms with van der Waals surface area (Å²) < 4.78 is 49.3. The molecule has 0 saturated carbocycles. The van der Waals surface area contributed by atoms with Gasteiger partial charge in [0.2, 0.25) is 0 Å². The number of sulfone groups is 1. The first-order valence-electron chi connectivity index (χ1n) is 5.24. The molecule has 0 aromatic heterocycles. The fourth-order valence-electron chi connectivity index (χ4n) is 1.51. The van der Waals surface area contributed by atoms with Crippen LogP contribution in [0.3, 0.4) is 0 Å². The first-order chi connectivity index (χ1) is 7.86. The van der Waals surface area contributed by atoms with Gasteiger partial charge in [0.25, 0.3) is 0 Å². The summed E-state index contributed by atoms with van der Waals surface area (Å²) in [7, 11) is -3.73. The topological polar surface area (TPSA) is 60.2 Å². The van der Waals surface area contributed by atoms with Crippen LogP contribution in [0.1, 0.15) is 18.4 Å². The lowest BCUT2D eigenvalue weighted by Gasteiger charge is -2.06. The lowest BCUT2D eigenvalue weighted by molar-refractivity contribution is 0.545. The molecule has 1 rings (SSSR count). The largest absolute Gasteiger partial charge is 0.330 e. The monoisotopic (exact) mass is 263 g/mol. The van der Waals surface area contributed by atoms with Crippen LogP contribution in [-0.4, -0.2) is 21.2 Å². The summed E-state index contributed by atoms with van der Waals surface area (Å²) in [4.78, 5) is -0.599. The van der Waals surface area contributed by atoms with Crippen LogP contribution >= 0.6 is 0 Å². The molecular weight excluding hydrogens is 248 g/mol. The molecule has 1 aromatic carbocycles. The van der Waals surface area contributed by atoms with Crippen molar-refractivity contribution in [1.82, 2.24) is 0 Å². The second kappa shape index (κ2) is 5.55. The number of aryl methyl sites for hydroxylation is 1. The van der Waals surface area contributed by atoms with Gasteiger partial charge in [0, 0.05) is 6.26 Å². The van der Waals surface area contributed by atoms with Gasteiger partial charge in [-0.15, -0.1) is 0 Å². The van der Waals surface area contributed by atoms with E-state index in [-0.39, 0.29) is 5.56 Å². The van der Waals surface area contributed by atoms with Crippen LogP contribution in [0.25, 0.3) is 0 Å². The SMILES string of the molecule is CS(=O)(=O)c1cc(F)c(CCCCN)cc1F. The van der Waals surface area contributed by atoms with Crippen molar-refractivity contribution in [2.24, 2.45) is 5.73 Å². The molecule has 0 fully saturated rings. The second-order valence-corrected chi connectivity index (χ2v) is 5.88. The maximum atomic E-state index is 13.5. The van der Waals surface area contributed by atoms with Crippen molar-refractivity contribution in [1.29, 1.82) is 0 Å². The van der Waals surface area contributed by atoms with Crippen LogP contribution in [0.5, 0.6) is 0 Å². The standard InChI is InChI=1S/C11H15F2NO2S/c1-17(15,16)11-7-9(12)8(6-10(11)13)4-2-3-5-14/h6-7H,2-5,14H2,1H3. The lowest BCUT2D eigenvalue weighted by atomic mass is 10.1. The summed E-state index contributed by atoms with van der Waals surface area (Å²) >= 11 is 0. The van der Waals surface area contributed by atoms with Crippen LogP contribution in [0.4, 0.5) is 8.78 Å². The van der Waals surface area contributed by atoms with Gasteiger partial charge in [-0.1, -0.05) is 0 Å². The van der Waals surface area contributed by atoms with Gasteiger partial charge in [-0.05, 0) is 43.5 Å². The third-order valence-corrected chi connectivity index (χ3v) is 3.51. The molecule has 1 aromatic rings. The molecule has 0 aliphatic heterocycles. The summed E-state index contributed by atoms with van der Waals surface area (Å²) in [6.45, 7) is 0.492. The van der Waals surface area contributed by atoms with Crippen molar-refractivity contribution in [3.05, 3.63) is 29.3 Å². The number of hydrogen-bond acceptors (Lipinski definition) is 3. The number of rotatable bonds is 5. The highest BCUT2D eigenvalue weighted by molar-refractivity contribution is 7.90. The van der Waals surface area contributed by atoms with E-state index in [9.17, 15) is 17.2 Å². The van der Waals surface area contributed by atoms with E-state index in [2.05, 4.69) is 0 Å². The smallest absolute Gasteiger partial charge is 0.178 e. The Kier molecular flexibility index (Phi) is 4.59. The van der Waals surface area contributed by atoms with Gasteiger partial charge in [0.15, 0.2) is 9.84 Å². The maximum Gasteiger partial charge on any atom is 0.178 e. The average Bonchev–Trinajstić information content (AvgIpc) is 2.21. The molecule has 0 spiro atoms. The van der Waals surface area contributed by atoms with E-state index >= 15 is 0 Å². The molecule has 6 heteroatoms. The van der Waals surface area contributed by atoms with Crippen LogP contribution in [0.2, 0.25) is 0 Å². The second-order valence-electron chi connectivity index (χ2n) is 3.89. The quantitative estimate of drug-likeness (QED) is 0.822. The Labute approximate surface area is 99.6 Å². The van der Waals surface area contributed by atoms with Gasteiger partial charge in [-0.3, -0.25) is 0 Å². The molecule has 0 unspecified atom stereocenters. The first-order valence-corrected chi connectivity index (χ1v) is 7.13. The van der Waals surface area contributed by atoms with Crippen molar-refractivity contribution in [2.45, 2.75) is 24.2 Å². The molecule has 0 saturated heterocycles. The minimum Gasteiger partial charge on any atom is -0.330 e. The number of benzene rings is 1. The maximum absolute atomic E-state index is 13.5. The molecule has 2 N–H and O–H groups in total. The Morgan fingerprint density at radius 3 is 2.35 bits per heavy atom. The van der Waals surface area contributed by atoms with Crippen molar-refractivity contribution < 1.29 is 17.2 Å². The Morgan fingerprint density at radius 1 is 1.18 bits per heavy atom. The van der Waals surface area contributed by atoms with Gasteiger partial charge in [-0.25, -0.2) is 17.2 Å². The van der Waals surface area contributed by atoms with Crippen LogP contribution in [0.15, 0.2) is 17.0 Å². The van der Waals surface area contributed by atoms with Crippen molar-refractivity contribution in [3.8, 4) is 0 Å². The third kappa shape index (κ3) is 3.74. The van der Waals surface area contributed by atoms with E-state index in [1.165, 1.54) is 0 Å². The normalized spacial score (nSPS) is 11.8. The minimum absolute atomic E-state index is 0.184. The van der Waals surface area contributed by atoms with Crippen LogP contribution in [0, 0.1) is 11.6 Å². The molecule has 0 heterocycles. The molecule has 0 radical (unpaired) electrons. The van der Waals surface area contributed by atoms with E-state index in [1.54, 1.807) is 0 Å². The zero-order valence-corrected chi connectivity index (χ0v) is 10.4. The van der Waals surface area contributed by atoms with E-state index in [0.29, 0.717) is 19.4 Å². The van der Waals surface area contributed by atoms with Gasteiger partial charge in [0.05, 0.1) is 0 Å². The minimum atomic E-state index is -3.73. The third-order valence-electron chi connectivity index (χ3n) is 2.40. The number of unbranched alkanes of at least 4 members (excludes halogenated alkanes) is 1. The summed E-state index contributed by atoms with van der Waals surface area (Å²) in [5.41, 5.74) is 5.48. The summed E-state index contributed by atoms with van der Waals surface area (Å²) in [5.74, 6) is -1.60. The van der Waals surface area contributed by atoms with Crippen LogP contribution < -0.4 is 5.73 Å². The Balaban J connectivity index is 3.02. The molecule has 0 aliphatic rings. The first kappa shape index (κ1) is 14.1. The Bertz CT molecular complexity index is 500. The van der Waals surface area contributed by atoms with Crippen LogP contribution in [-0.2, 0) is 16.3 Å². The van der Waals surface area contributed by atoms with Crippen molar-refractivity contribution in [3.63, 3.8) is 0 Å². The molecule has 0 aliphatic carbocycles. The highest BCUT2D eigenvalue weighted by Gasteiger charge is 2.17. The number of hydrogen-bond donors (Lipinski definition) is 1. The Hall–Kier alpha value is -1.01. The van der Waals surface area contributed by atoms with E-state index in [1.807, 2.05) is 0 Å². The summed E-state index contributed by atoms with van der Waals surface area (Å²) in [6.07, 6.45) is 2.56. The molecule has 3 nitrogen and oxygen atoms in total. The summed E-state index contributed by atoms with van der Waals surface area (Å²) in [6, 6.07) is 1.69. The zero-order chi connectivity index (χ0) is 13.1. The summed E-state index contributed by atoms with van der Waals surface area (Å²) in [5, 5.41) is 0. The predicted octanol–water partition coefficient (Wildman–Crippen LogP) is 1.65. The molecule has 0 atom stereocenters.